The Morgan fingerprint density at radius 3 is 2.42 bits per heavy atom. The van der Waals surface area contributed by atoms with Crippen LogP contribution >= 0.6 is 11.8 Å². The van der Waals surface area contributed by atoms with Crippen LogP contribution in [0.2, 0.25) is 0 Å². The van der Waals surface area contributed by atoms with Crippen LogP contribution in [0.25, 0.3) is 11.1 Å². The maximum Gasteiger partial charge on any atom is 0.325 e. The highest BCUT2D eigenvalue weighted by Gasteiger charge is 2.32. The summed E-state index contributed by atoms with van der Waals surface area (Å²) in [7, 11) is 0. The molecule has 0 bridgehead atoms. The van der Waals surface area contributed by atoms with Crippen LogP contribution < -0.4 is 10.6 Å². The smallest absolute Gasteiger partial charge is 0.325 e. The second kappa shape index (κ2) is 16.1. The van der Waals surface area contributed by atoms with Crippen molar-refractivity contribution in [2.75, 3.05) is 18.9 Å². The van der Waals surface area contributed by atoms with E-state index >= 15 is 0 Å². The number of carbonyl (C=O) groups excluding carboxylic acids is 2. The molecule has 0 saturated carbocycles. The third kappa shape index (κ3) is 9.35. The van der Waals surface area contributed by atoms with Crippen molar-refractivity contribution in [3.05, 3.63) is 114 Å². The van der Waals surface area contributed by atoms with Crippen molar-refractivity contribution in [3.63, 3.8) is 0 Å². The number of rotatable bonds is 12. The summed E-state index contributed by atoms with van der Waals surface area (Å²) < 4.78 is 17.9. The standard InChI is InChI=1S/C34H36N4O6S/c1-2-42-31(40)20-38-33(41)37-19-24-6-3-7-26(16-24)27-8-4-9-28(17-27)32-43-29(22-45-34-35-14-5-15-36-34)18-30(44-32)25-12-10-23(21-39)11-13-25/h3-17,29-30,32,39H,2,18-22H2,1H3,(H2,37,38,41)/t29-,30+,32+/m1/s1. The molecule has 3 atom stereocenters. The minimum atomic E-state index is -0.601. The van der Waals surface area contributed by atoms with E-state index in [0.29, 0.717) is 17.3 Å². The fraction of sp³-hybridized carbons (Fsp3) is 0.294. The van der Waals surface area contributed by atoms with Crippen LogP contribution in [0.15, 0.2) is 96.4 Å². The maximum absolute atomic E-state index is 12.1. The molecule has 0 aliphatic carbocycles. The molecule has 4 aromatic rings. The van der Waals surface area contributed by atoms with Gasteiger partial charge >= 0.3 is 12.0 Å². The molecule has 45 heavy (non-hydrogen) atoms. The number of aromatic nitrogens is 2. The fourth-order valence-electron chi connectivity index (χ4n) is 4.89. The number of carbonyl (C=O) groups is 2. The molecule has 3 aromatic carbocycles. The first-order valence-electron chi connectivity index (χ1n) is 14.8. The number of benzene rings is 3. The molecule has 11 heteroatoms. The average molecular weight is 629 g/mol. The first-order valence-corrected chi connectivity index (χ1v) is 15.8. The number of aliphatic hydroxyl groups excluding tert-OH is 1. The Hall–Kier alpha value is -4.29. The number of hydrogen-bond donors (Lipinski definition) is 3. The minimum absolute atomic E-state index is 0.0133. The summed E-state index contributed by atoms with van der Waals surface area (Å²) in [5.41, 5.74) is 5.61. The van der Waals surface area contributed by atoms with Gasteiger partial charge in [0, 0.05) is 36.7 Å². The molecule has 5 rings (SSSR count). The second-order valence-corrected chi connectivity index (χ2v) is 11.3. The van der Waals surface area contributed by atoms with E-state index in [0.717, 1.165) is 33.4 Å². The van der Waals surface area contributed by atoms with Crippen LogP contribution in [0, 0.1) is 0 Å². The molecule has 234 valence electrons. The summed E-state index contributed by atoms with van der Waals surface area (Å²) in [4.78, 5) is 32.3. The Kier molecular flexibility index (Phi) is 11.5. The zero-order chi connectivity index (χ0) is 31.4. The van der Waals surface area contributed by atoms with Crippen molar-refractivity contribution in [3.8, 4) is 11.1 Å². The van der Waals surface area contributed by atoms with Gasteiger partial charge in [0.1, 0.15) is 6.54 Å². The Morgan fingerprint density at radius 1 is 0.911 bits per heavy atom. The monoisotopic (exact) mass is 628 g/mol. The minimum Gasteiger partial charge on any atom is -0.465 e. The molecule has 1 aromatic heterocycles. The van der Waals surface area contributed by atoms with Crippen LogP contribution in [-0.4, -0.2) is 52.1 Å². The van der Waals surface area contributed by atoms with Crippen LogP contribution in [0.1, 0.15) is 48.0 Å². The van der Waals surface area contributed by atoms with E-state index in [2.05, 4.69) is 26.7 Å². The summed E-state index contributed by atoms with van der Waals surface area (Å²) in [5.74, 6) is 0.179. The lowest BCUT2D eigenvalue weighted by atomic mass is 9.99. The van der Waals surface area contributed by atoms with Crippen molar-refractivity contribution in [1.29, 1.82) is 0 Å². The molecule has 1 fully saturated rings. The van der Waals surface area contributed by atoms with Gasteiger partial charge in [-0.2, -0.15) is 0 Å². The van der Waals surface area contributed by atoms with Crippen molar-refractivity contribution in [1.82, 2.24) is 20.6 Å². The summed E-state index contributed by atoms with van der Waals surface area (Å²) in [6.45, 7) is 2.06. The van der Waals surface area contributed by atoms with Crippen molar-refractivity contribution in [2.24, 2.45) is 0 Å². The lowest BCUT2D eigenvalue weighted by Crippen LogP contribution is -2.38. The normalized spacial score (nSPS) is 17.8. The summed E-state index contributed by atoms with van der Waals surface area (Å²) in [6, 6.07) is 25.1. The molecule has 0 radical (unpaired) electrons. The molecule has 1 aliphatic heterocycles. The molecule has 3 N–H and O–H groups in total. The number of thioether (sulfide) groups is 1. The fourth-order valence-corrected chi connectivity index (χ4v) is 5.71. The number of nitrogens with one attached hydrogen (secondary N) is 2. The third-order valence-corrected chi connectivity index (χ3v) is 8.13. The van der Waals surface area contributed by atoms with Crippen LogP contribution in [0.5, 0.6) is 0 Å². The summed E-state index contributed by atoms with van der Waals surface area (Å²) >= 11 is 1.55. The van der Waals surface area contributed by atoms with E-state index in [4.69, 9.17) is 14.2 Å². The highest BCUT2D eigenvalue weighted by atomic mass is 32.2. The van der Waals surface area contributed by atoms with Gasteiger partial charge in [0.15, 0.2) is 11.4 Å². The first kappa shape index (κ1) is 32.1. The first-order chi connectivity index (χ1) is 22.0. The van der Waals surface area contributed by atoms with Gasteiger partial charge in [-0.05, 0) is 52.9 Å². The van der Waals surface area contributed by atoms with Gasteiger partial charge in [0.05, 0.1) is 25.4 Å². The number of hydrogen-bond acceptors (Lipinski definition) is 9. The molecule has 1 saturated heterocycles. The predicted octanol–water partition coefficient (Wildman–Crippen LogP) is 5.34. The third-order valence-electron chi connectivity index (χ3n) is 7.13. The van der Waals surface area contributed by atoms with E-state index in [9.17, 15) is 14.7 Å². The lowest BCUT2D eigenvalue weighted by Gasteiger charge is -2.36. The van der Waals surface area contributed by atoms with Crippen molar-refractivity contribution >= 4 is 23.8 Å². The van der Waals surface area contributed by atoms with E-state index in [-0.39, 0.29) is 38.5 Å². The van der Waals surface area contributed by atoms with Crippen molar-refractivity contribution < 1.29 is 28.9 Å². The van der Waals surface area contributed by atoms with E-state index in [1.54, 1.807) is 37.1 Å². The van der Waals surface area contributed by atoms with Gasteiger partial charge in [-0.1, -0.05) is 72.4 Å². The number of ether oxygens (including phenoxy) is 3. The van der Waals surface area contributed by atoms with Crippen LogP contribution in [0.3, 0.4) is 0 Å². The van der Waals surface area contributed by atoms with Gasteiger partial charge in [0.2, 0.25) is 0 Å². The van der Waals surface area contributed by atoms with Gasteiger partial charge in [0.25, 0.3) is 0 Å². The highest BCUT2D eigenvalue weighted by Crippen LogP contribution is 2.40. The van der Waals surface area contributed by atoms with Gasteiger partial charge in [-0.25, -0.2) is 14.8 Å². The zero-order valence-corrected chi connectivity index (χ0v) is 25.7. The SMILES string of the molecule is CCOC(=O)CNC(=O)NCc1cccc(-c2cccc([C@H]3O[C@@H](CSc4ncccn4)C[C@@H](c4ccc(CO)cc4)O3)c2)c1. The molecule has 2 amide bonds. The highest BCUT2D eigenvalue weighted by molar-refractivity contribution is 7.99. The molecule has 2 heterocycles. The van der Waals surface area contributed by atoms with Gasteiger partial charge in [-0.3, -0.25) is 4.79 Å². The van der Waals surface area contributed by atoms with Gasteiger partial charge < -0.3 is 30.0 Å². The Bertz CT molecular complexity index is 1560. The Labute approximate surface area is 266 Å². The molecular weight excluding hydrogens is 592 g/mol. The topological polar surface area (TPSA) is 132 Å². The van der Waals surface area contributed by atoms with Crippen LogP contribution in [0.4, 0.5) is 4.79 Å². The molecule has 1 aliphatic rings. The number of esters is 1. The summed E-state index contributed by atoms with van der Waals surface area (Å²) in [5, 5.41) is 15.5. The van der Waals surface area contributed by atoms with Crippen molar-refractivity contribution in [2.45, 2.75) is 50.2 Å². The average Bonchev–Trinajstić information content (AvgIpc) is 3.09. The number of nitrogens with zero attached hydrogens (tertiary/aromatic N) is 2. The number of aliphatic hydroxyl groups is 1. The van der Waals surface area contributed by atoms with Crippen LogP contribution in [-0.2, 0) is 32.2 Å². The maximum atomic E-state index is 12.1. The second-order valence-electron chi connectivity index (χ2n) is 10.4. The Morgan fingerprint density at radius 2 is 1.67 bits per heavy atom. The molecule has 10 nitrogen and oxygen atoms in total. The molecule has 0 unspecified atom stereocenters. The molecular formula is C34H36N4O6S. The largest absolute Gasteiger partial charge is 0.465 e. The molecule has 0 spiro atoms. The predicted molar refractivity (Wildman–Crippen MR) is 170 cm³/mol. The number of urea groups is 1. The van der Waals surface area contributed by atoms with E-state index in [1.807, 2.05) is 66.7 Å². The summed E-state index contributed by atoms with van der Waals surface area (Å²) in [6.07, 6.45) is 3.20. The van der Waals surface area contributed by atoms with E-state index < -0.39 is 18.3 Å². The van der Waals surface area contributed by atoms with Gasteiger partial charge in [-0.15, -0.1) is 0 Å². The number of amides is 2. The quantitative estimate of drug-likeness (QED) is 0.108. The lowest BCUT2D eigenvalue weighted by molar-refractivity contribution is -0.245. The van der Waals surface area contributed by atoms with E-state index in [1.165, 1.54) is 0 Å². The zero-order valence-electron chi connectivity index (χ0n) is 24.9. The Balaban J connectivity index is 1.29.